The zero-order valence-corrected chi connectivity index (χ0v) is 20.2. The minimum absolute atomic E-state index is 0.573. The Morgan fingerprint density at radius 3 is 2.55 bits per heavy atom. The van der Waals surface area contributed by atoms with Gasteiger partial charge in [-0.3, -0.25) is 10.2 Å². The lowest BCUT2D eigenvalue weighted by atomic mass is 10.0. The Balaban J connectivity index is 0.000000327. The van der Waals surface area contributed by atoms with E-state index in [2.05, 4.69) is 53.8 Å². The number of hydrazone groups is 1. The van der Waals surface area contributed by atoms with Crippen LogP contribution in [0, 0.1) is 0 Å². The van der Waals surface area contributed by atoms with Gasteiger partial charge in [-0.2, -0.15) is 16.9 Å². The van der Waals surface area contributed by atoms with Crippen molar-refractivity contribution in [3.05, 3.63) is 76.6 Å². The third-order valence-electron chi connectivity index (χ3n) is 4.28. The molecule has 2 aromatic rings. The van der Waals surface area contributed by atoms with Crippen LogP contribution in [0.5, 0.6) is 0 Å². The number of nitrogens with one attached hydrogen (secondary N) is 1. The lowest BCUT2D eigenvalue weighted by Gasteiger charge is -2.13. The van der Waals surface area contributed by atoms with Gasteiger partial charge in [0.05, 0.1) is 6.21 Å². The molecule has 0 spiro atoms. The molecule has 1 N–H and O–H groups in total. The number of carbonyl (C=O) groups excluding carboxylic acids is 1. The second-order valence-electron chi connectivity index (χ2n) is 6.45. The van der Waals surface area contributed by atoms with Gasteiger partial charge < -0.3 is 4.90 Å². The number of thioether (sulfide) groups is 1. The van der Waals surface area contributed by atoms with Crippen LogP contribution in [0.15, 0.2) is 65.0 Å². The van der Waals surface area contributed by atoms with Gasteiger partial charge in [0, 0.05) is 35.9 Å². The first-order chi connectivity index (χ1) is 15.0. The van der Waals surface area contributed by atoms with Crippen molar-refractivity contribution in [2.24, 2.45) is 10.1 Å². The fourth-order valence-corrected chi connectivity index (χ4v) is 3.41. The fraction of sp³-hybridized carbons (Fsp3) is 0.292. The molecular weight excluding hydrogens is 428 g/mol. The number of anilines is 1. The molecule has 0 fully saturated rings. The third-order valence-corrected chi connectivity index (χ3v) is 5.13. The van der Waals surface area contributed by atoms with Crippen molar-refractivity contribution in [3.63, 3.8) is 0 Å². The first-order valence-electron chi connectivity index (χ1n) is 10.0. The van der Waals surface area contributed by atoms with Crippen molar-refractivity contribution in [2.75, 3.05) is 18.2 Å². The maximum Gasteiger partial charge on any atom is 0.162 e. The van der Waals surface area contributed by atoms with E-state index in [1.807, 2.05) is 48.0 Å². The standard InChI is InChI=1S/C12H13ClN4O.C12H18S/c1-17(12-4-2-3-11(13)9-12)7-5-14-10-16-15-6-8-18;1-4-11-7-6-10(9-13-3)8-12(11)5-2/h2-10H,1H3,(H,14,16);6-8H,4-5,9H2,1-3H3/b7-5-,15-6+;. The second-order valence-corrected chi connectivity index (χ2v) is 7.76. The van der Waals surface area contributed by atoms with Gasteiger partial charge in [-0.1, -0.05) is 49.7 Å². The molecule has 2 rings (SSSR count). The van der Waals surface area contributed by atoms with Crippen LogP contribution in [0.1, 0.15) is 30.5 Å². The molecule has 0 heterocycles. The van der Waals surface area contributed by atoms with Gasteiger partial charge in [-0.15, -0.1) is 0 Å². The number of carbonyl (C=O) groups is 1. The summed E-state index contributed by atoms with van der Waals surface area (Å²) in [5.41, 5.74) is 7.91. The number of hydrogen-bond donors (Lipinski definition) is 1. The molecule has 7 heteroatoms. The molecule has 0 amide bonds. The highest BCUT2D eigenvalue weighted by atomic mass is 35.5. The van der Waals surface area contributed by atoms with Crippen molar-refractivity contribution < 1.29 is 4.79 Å². The predicted octanol–water partition coefficient (Wildman–Crippen LogP) is 5.72. The maximum atomic E-state index is 9.90. The monoisotopic (exact) mass is 458 g/mol. The van der Waals surface area contributed by atoms with E-state index in [-0.39, 0.29) is 0 Å². The summed E-state index contributed by atoms with van der Waals surface area (Å²) >= 11 is 7.77. The summed E-state index contributed by atoms with van der Waals surface area (Å²) in [6.45, 7) is 4.46. The van der Waals surface area contributed by atoms with Gasteiger partial charge >= 0.3 is 0 Å². The smallest absolute Gasteiger partial charge is 0.162 e. The Bertz CT molecular complexity index is 884. The highest BCUT2D eigenvalue weighted by Crippen LogP contribution is 2.18. The Morgan fingerprint density at radius 1 is 1.13 bits per heavy atom. The van der Waals surface area contributed by atoms with E-state index < -0.39 is 0 Å². The van der Waals surface area contributed by atoms with E-state index >= 15 is 0 Å². The van der Waals surface area contributed by atoms with Crippen LogP contribution in [-0.4, -0.2) is 32.1 Å². The zero-order chi connectivity index (χ0) is 22.9. The number of rotatable bonds is 10. The van der Waals surface area contributed by atoms with Crippen LogP contribution < -0.4 is 10.3 Å². The lowest BCUT2D eigenvalue weighted by molar-refractivity contribution is -0.102. The third kappa shape index (κ3) is 10.9. The Kier molecular flexibility index (Phi) is 13.8. The average Bonchev–Trinajstić information content (AvgIpc) is 2.79. The molecule has 0 saturated carbocycles. The highest BCUT2D eigenvalue weighted by molar-refractivity contribution is 7.97. The van der Waals surface area contributed by atoms with Gasteiger partial charge in [-0.25, -0.2) is 4.99 Å². The lowest BCUT2D eigenvalue weighted by Crippen LogP contribution is -2.07. The predicted molar refractivity (Wildman–Crippen MR) is 138 cm³/mol. The molecule has 0 atom stereocenters. The van der Waals surface area contributed by atoms with Crippen molar-refractivity contribution >= 4 is 47.9 Å². The van der Waals surface area contributed by atoms with Crippen LogP contribution in [0.3, 0.4) is 0 Å². The van der Waals surface area contributed by atoms with Gasteiger partial charge in [0.15, 0.2) is 6.29 Å². The van der Waals surface area contributed by atoms with Crippen LogP contribution in [0.4, 0.5) is 5.69 Å². The molecule has 0 unspecified atom stereocenters. The maximum absolute atomic E-state index is 9.90. The number of aldehydes is 1. The van der Waals surface area contributed by atoms with Gasteiger partial charge in [-0.05, 0) is 54.0 Å². The molecule has 0 saturated heterocycles. The van der Waals surface area contributed by atoms with E-state index in [4.69, 9.17) is 11.6 Å². The summed E-state index contributed by atoms with van der Waals surface area (Å²) in [5, 5.41) is 4.20. The largest absolute Gasteiger partial charge is 0.349 e. The van der Waals surface area contributed by atoms with Crippen molar-refractivity contribution in [1.82, 2.24) is 5.43 Å². The number of benzene rings is 2. The molecule has 0 radical (unpaired) electrons. The summed E-state index contributed by atoms with van der Waals surface area (Å²) in [6.07, 6.45) is 10.9. The molecule has 166 valence electrons. The van der Waals surface area contributed by atoms with E-state index in [1.165, 1.54) is 23.0 Å². The van der Waals surface area contributed by atoms with E-state index in [0.29, 0.717) is 11.3 Å². The summed E-state index contributed by atoms with van der Waals surface area (Å²) in [6, 6.07) is 14.4. The Morgan fingerprint density at radius 2 is 1.90 bits per heavy atom. The van der Waals surface area contributed by atoms with Crippen molar-refractivity contribution in [1.29, 1.82) is 0 Å². The first-order valence-corrected chi connectivity index (χ1v) is 11.8. The topological polar surface area (TPSA) is 57.1 Å². The first kappa shape index (κ1) is 26.5. The van der Waals surface area contributed by atoms with Crippen LogP contribution in [-0.2, 0) is 23.4 Å². The Hall–Kier alpha value is -2.57. The summed E-state index contributed by atoms with van der Waals surface area (Å²) in [4.78, 5) is 15.7. The summed E-state index contributed by atoms with van der Waals surface area (Å²) in [5.74, 6) is 1.14. The molecule has 0 aliphatic carbocycles. The normalized spacial score (nSPS) is 11.0. The number of hydrogen-bond acceptors (Lipinski definition) is 5. The summed E-state index contributed by atoms with van der Waals surface area (Å²) in [7, 11) is 1.88. The summed E-state index contributed by atoms with van der Waals surface area (Å²) < 4.78 is 0. The van der Waals surface area contributed by atoms with Gasteiger partial charge in [0.1, 0.15) is 6.34 Å². The molecule has 0 bridgehead atoms. The van der Waals surface area contributed by atoms with Crippen molar-refractivity contribution in [3.8, 4) is 0 Å². The SMILES string of the molecule is CCc1ccc(CSC)cc1CC.CN(/C=C\N=CN/N=C/C=O)c1cccc(Cl)c1. The zero-order valence-electron chi connectivity index (χ0n) is 18.6. The van der Waals surface area contributed by atoms with Crippen molar-refractivity contribution in [2.45, 2.75) is 32.4 Å². The highest BCUT2D eigenvalue weighted by Gasteiger charge is 2.00. The van der Waals surface area contributed by atoms with E-state index in [9.17, 15) is 4.79 Å². The second kappa shape index (κ2) is 16.2. The molecule has 2 aromatic carbocycles. The number of aryl methyl sites for hydroxylation is 2. The minimum atomic E-state index is 0.573. The van der Waals surface area contributed by atoms with Gasteiger partial charge in [0.25, 0.3) is 0 Å². The van der Waals surface area contributed by atoms with Gasteiger partial charge in [0.2, 0.25) is 0 Å². The number of nitrogens with zero attached hydrogens (tertiary/aromatic N) is 3. The Labute approximate surface area is 195 Å². The van der Waals surface area contributed by atoms with Crippen LogP contribution in [0.2, 0.25) is 5.02 Å². The molecule has 0 aliphatic heterocycles. The minimum Gasteiger partial charge on any atom is -0.349 e. The van der Waals surface area contributed by atoms with Crippen LogP contribution in [0.25, 0.3) is 0 Å². The van der Waals surface area contributed by atoms with Crippen LogP contribution >= 0.6 is 23.4 Å². The fourth-order valence-electron chi connectivity index (χ4n) is 2.71. The molecule has 5 nitrogen and oxygen atoms in total. The molecule has 0 aliphatic rings. The average molecular weight is 459 g/mol. The van der Waals surface area contributed by atoms with E-state index in [1.54, 1.807) is 12.4 Å². The molecule has 0 aromatic heterocycles. The number of halogens is 1. The molecule has 31 heavy (non-hydrogen) atoms. The van der Waals surface area contributed by atoms with E-state index in [0.717, 1.165) is 30.5 Å². The quantitative estimate of drug-likeness (QED) is 0.214. The number of aliphatic imine (C=N–C) groups is 1. The molecular formula is C24H31ClN4OS.